The predicted octanol–water partition coefficient (Wildman–Crippen LogP) is 2.00. The van der Waals surface area contributed by atoms with Crippen molar-refractivity contribution < 1.29 is 19.5 Å². The quantitative estimate of drug-likeness (QED) is 0.783. The van der Waals surface area contributed by atoms with Crippen LogP contribution in [0.25, 0.3) is 0 Å². The molecule has 2 N–H and O–H groups in total. The van der Waals surface area contributed by atoms with Crippen LogP contribution in [-0.4, -0.2) is 28.8 Å². The van der Waals surface area contributed by atoms with Crippen LogP contribution >= 0.6 is 15.9 Å². The zero-order chi connectivity index (χ0) is 14.4. The maximum atomic E-state index is 12.0. The number of amides is 1. The Balaban J connectivity index is 2.55. The fourth-order valence-electron chi connectivity index (χ4n) is 1.46. The molecule has 0 radical (unpaired) electrons. The molecule has 5 nitrogen and oxygen atoms in total. The number of benzene rings is 1. The monoisotopic (exact) mass is 327 g/mol. The van der Waals surface area contributed by atoms with E-state index in [0.717, 1.165) is 4.47 Å². The Kier molecular flexibility index (Phi) is 5.69. The highest BCUT2D eigenvalue weighted by Crippen LogP contribution is 2.12. The minimum Gasteiger partial charge on any atom is -0.481 e. The van der Waals surface area contributed by atoms with Gasteiger partial charge < -0.3 is 10.4 Å². The Morgan fingerprint density at radius 1 is 1.21 bits per heavy atom. The van der Waals surface area contributed by atoms with Crippen LogP contribution in [-0.2, 0) is 9.59 Å². The van der Waals surface area contributed by atoms with Crippen LogP contribution in [0.3, 0.4) is 0 Å². The number of Topliss-reactive ketones (excluding diaryl/α,β-unsaturated/α-hetero) is 1. The number of hydrogen-bond donors (Lipinski definition) is 2. The Bertz CT molecular complexity index is 484. The van der Waals surface area contributed by atoms with Crippen molar-refractivity contribution in [2.45, 2.75) is 25.8 Å². The normalized spacial score (nSPS) is 11.7. The van der Waals surface area contributed by atoms with Crippen molar-refractivity contribution in [2.24, 2.45) is 0 Å². The molecule has 1 amide bonds. The number of carboxylic acid groups (broad SMARTS) is 1. The molecule has 0 spiro atoms. The van der Waals surface area contributed by atoms with Crippen molar-refractivity contribution in [1.82, 2.24) is 5.32 Å². The van der Waals surface area contributed by atoms with Gasteiger partial charge in [0.15, 0.2) is 5.78 Å². The van der Waals surface area contributed by atoms with Gasteiger partial charge in [0.2, 0.25) is 5.91 Å². The molecule has 102 valence electrons. The van der Waals surface area contributed by atoms with Crippen molar-refractivity contribution in [3.63, 3.8) is 0 Å². The number of rotatable bonds is 6. The van der Waals surface area contributed by atoms with E-state index in [1.807, 2.05) is 0 Å². The molecule has 1 rings (SSSR count). The maximum Gasteiger partial charge on any atom is 0.303 e. The van der Waals surface area contributed by atoms with E-state index in [2.05, 4.69) is 21.2 Å². The lowest BCUT2D eigenvalue weighted by atomic mass is 10.1. The predicted molar refractivity (Wildman–Crippen MR) is 72.9 cm³/mol. The van der Waals surface area contributed by atoms with Gasteiger partial charge in [0.25, 0.3) is 0 Å². The number of halogens is 1. The highest BCUT2D eigenvalue weighted by Gasteiger charge is 2.17. The van der Waals surface area contributed by atoms with Crippen LogP contribution in [0.2, 0.25) is 0 Å². The number of carbonyl (C=O) groups excluding carboxylic acids is 2. The Morgan fingerprint density at radius 2 is 1.79 bits per heavy atom. The lowest BCUT2D eigenvalue weighted by Crippen LogP contribution is -2.38. The average molecular weight is 328 g/mol. The van der Waals surface area contributed by atoms with E-state index in [4.69, 9.17) is 5.11 Å². The largest absolute Gasteiger partial charge is 0.481 e. The molecule has 0 aliphatic carbocycles. The number of carbonyl (C=O) groups is 3. The molecule has 0 heterocycles. The van der Waals surface area contributed by atoms with Gasteiger partial charge >= 0.3 is 5.97 Å². The number of carboxylic acids is 1. The molecule has 6 heteroatoms. The standard InChI is InChI=1S/C13H14BrNO4/c1-8(15-11(16)6-7-12(17)18)13(19)9-2-4-10(14)5-3-9/h2-5,8H,6-7H2,1H3,(H,15,16)(H,17,18). The third kappa shape index (κ3) is 5.21. The molecular weight excluding hydrogens is 314 g/mol. The first-order chi connectivity index (χ1) is 8.90. The van der Waals surface area contributed by atoms with Crippen molar-refractivity contribution in [1.29, 1.82) is 0 Å². The highest BCUT2D eigenvalue weighted by molar-refractivity contribution is 9.10. The van der Waals surface area contributed by atoms with E-state index in [-0.39, 0.29) is 18.6 Å². The molecule has 0 bridgehead atoms. The van der Waals surface area contributed by atoms with Gasteiger partial charge in [-0.3, -0.25) is 14.4 Å². The molecule has 0 aliphatic heterocycles. The second kappa shape index (κ2) is 7.04. The van der Waals surface area contributed by atoms with Crippen LogP contribution in [0.4, 0.5) is 0 Å². The summed E-state index contributed by atoms with van der Waals surface area (Å²) in [6, 6.07) is 6.12. The summed E-state index contributed by atoms with van der Waals surface area (Å²) in [5.74, 6) is -1.70. The van der Waals surface area contributed by atoms with Crippen molar-refractivity contribution in [3.05, 3.63) is 34.3 Å². The molecule has 1 atom stereocenters. The van der Waals surface area contributed by atoms with Crippen LogP contribution in [0.15, 0.2) is 28.7 Å². The summed E-state index contributed by atoms with van der Waals surface area (Å²) in [5.41, 5.74) is 0.495. The summed E-state index contributed by atoms with van der Waals surface area (Å²) in [5, 5.41) is 10.9. The second-order valence-electron chi connectivity index (χ2n) is 4.05. The summed E-state index contributed by atoms with van der Waals surface area (Å²) in [7, 11) is 0. The van der Waals surface area contributed by atoms with Crippen LogP contribution < -0.4 is 5.32 Å². The number of ketones is 1. The second-order valence-corrected chi connectivity index (χ2v) is 4.97. The van der Waals surface area contributed by atoms with E-state index < -0.39 is 17.9 Å². The van der Waals surface area contributed by atoms with E-state index in [1.54, 1.807) is 31.2 Å². The summed E-state index contributed by atoms with van der Waals surface area (Å²) < 4.78 is 0.863. The molecular formula is C13H14BrNO4. The molecule has 0 saturated carbocycles. The van der Waals surface area contributed by atoms with Gasteiger partial charge in [0.1, 0.15) is 0 Å². The molecule has 0 aromatic heterocycles. The van der Waals surface area contributed by atoms with Gasteiger partial charge in [-0.05, 0) is 19.1 Å². The summed E-state index contributed by atoms with van der Waals surface area (Å²) in [6.45, 7) is 1.57. The van der Waals surface area contributed by atoms with Gasteiger partial charge in [0.05, 0.1) is 12.5 Å². The van der Waals surface area contributed by atoms with E-state index in [1.165, 1.54) is 0 Å². The summed E-state index contributed by atoms with van der Waals surface area (Å²) >= 11 is 3.27. The van der Waals surface area contributed by atoms with Gasteiger partial charge in [-0.25, -0.2) is 0 Å². The van der Waals surface area contributed by atoms with Crippen LogP contribution in [0, 0.1) is 0 Å². The Labute approximate surface area is 119 Å². The van der Waals surface area contributed by atoms with E-state index in [9.17, 15) is 14.4 Å². The molecule has 0 aliphatic rings. The lowest BCUT2D eigenvalue weighted by molar-refractivity contribution is -0.138. The highest BCUT2D eigenvalue weighted by atomic mass is 79.9. The lowest BCUT2D eigenvalue weighted by Gasteiger charge is -2.12. The average Bonchev–Trinajstić information content (AvgIpc) is 2.36. The van der Waals surface area contributed by atoms with E-state index in [0.29, 0.717) is 5.56 Å². The Morgan fingerprint density at radius 3 is 2.32 bits per heavy atom. The topological polar surface area (TPSA) is 83.5 Å². The molecule has 1 unspecified atom stereocenters. The number of hydrogen-bond acceptors (Lipinski definition) is 3. The third-order valence-corrected chi connectivity index (χ3v) is 2.99. The SMILES string of the molecule is CC(NC(=O)CCC(=O)O)C(=O)c1ccc(Br)cc1. The number of nitrogens with one attached hydrogen (secondary N) is 1. The summed E-state index contributed by atoms with van der Waals surface area (Å²) in [4.78, 5) is 33.7. The van der Waals surface area contributed by atoms with Crippen molar-refractivity contribution >= 4 is 33.6 Å². The fraction of sp³-hybridized carbons (Fsp3) is 0.308. The zero-order valence-electron chi connectivity index (χ0n) is 10.4. The minimum absolute atomic E-state index is 0.132. The number of aliphatic carboxylic acids is 1. The maximum absolute atomic E-state index is 12.0. The van der Waals surface area contributed by atoms with Crippen LogP contribution in [0.1, 0.15) is 30.1 Å². The Hall–Kier alpha value is -1.69. The molecule has 19 heavy (non-hydrogen) atoms. The van der Waals surface area contributed by atoms with Gasteiger partial charge in [-0.1, -0.05) is 28.1 Å². The first kappa shape index (κ1) is 15.4. The smallest absolute Gasteiger partial charge is 0.303 e. The first-order valence-corrected chi connectivity index (χ1v) is 6.50. The van der Waals surface area contributed by atoms with Crippen LogP contribution in [0.5, 0.6) is 0 Å². The molecule has 1 aromatic rings. The first-order valence-electron chi connectivity index (χ1n) is 5.71. The van der Waals surface area contributed by atoms with Crippen molar-refractivity contribution in [2.75, 3.05) is 0 Å². The third-order valence-electron chi connectivity index (χ3n) is 2.47. The van der Waals surface area contributed by atoms with Gasteiger partial charge in [-0.15, -0.1) is 0 Å². The van der Waals surface area contributed by atoms with E-state index >= 15 is 0 Å². The summed E-state index contributed by atoms with van der Waals surface area (Å²) in [6.07, 6.45) is -0.377. The molecule has 1 aromatic carbocycles. The zero-order valence-corrected chi connectivity index (χ0v) is 11.9. The molecule has 0 saturated heterocycles. The minimum atomic E-state index is -1.04. The fourth-order valence-corrected chi connectivity index (χ4v) is 1.73. The van der Waals surface area contributed by atoms with Gasteiger partial charge in [0, 0.05) is 16.5 Å². The van der Waals surface area contributed by atoms with Gasteiger partial charge in [-0.2, -0.15) is 0 Å². The molecule has 0 fully saturated rings. The van der Waals surface area contributed by atoms with Crippen molar-refractivity contribution in [3.8, 4) is 0 Å².